The van der Waals surface area contributed by atoms with Crippen molar-refractivity contribution in [2.75, 3.05) is 0 Å². The Morgan fingerprint density at radius 1 is 1.25 bits per heavy atom. The molecule has 3 rings (SSSR count). The Morgan fingerprint density at radius 2 is 2.04 bits per heavy atom. The Labute approximate surface area is 133 Å². The van der Waals surface area contributed by atoms with Gasteiger partial charge in [-0.1, -0.05) is 23.4 Å². The summed E-state index contributed by atoms with van der Waals surface area (Å²) in [6.45, 7) is 1.64. The molecule has 0 amide bonds. The van der Waals surface area contributed by atoms with Crippen LogP contribution in [0.25, 0.3) is 0 Å². The number of aryl methyl sites for hydroxylation is 1. The molecule has 2 heterocycles. The first-order valence-corrected chi connectivity index (χ1v) is 6.92. The molecule has 0 saturated carbocycles. The van der Waals surface area contributed by atoms with Gasteiger partial charge in [-0.15, -0.1) is 10.2 Å². The number of nitrogens with zero attached hydrogens (tertiary/aromatic N) is 3. The Morgan fingerprint density at radius 3 is 2.71 bits per heavy atom. The van der Waals surface area contributed by atoms with E-state index in [9.17, 15) is 18.3 Å². The molecule has 0 aliphatic heterocycles. The van der Waals surface area contributed by atoms with Gasteiger partial charge in [-0.05, 0) is 18.6 Å². The lowest BCUT2D eigenvalue weighted by Crippen LogP contribution is -2.05. The SMILES string of the molecule is Cc1nocc1C(O)c1nnc(Cc2cccc(C(F)(F)F)c2)o1. The molecule has 2 aromatic heterocycles. The summed E-state index contributed by atoms with van der Waals surface area (Å²) in [4.78, 5) is 0. The van der Waals surface area contributed by atoms with Crippen molar-refractivity contribution in [2.24, 2.45) is 0 Å². The molecule has 1 atom stereocenters. The van der Waals surface area contributed by atoms with Gasteiger partial charge in [0.25, 0.3) is 0 Å². The largest absolute Gasteiger partial charge is 0.422 e. The second-order valence-corrected chi connectivity index (χ2v) is 5.17. The summed E-state index contributed by atoms with van der Waals surface area (Å²) in [5.41, 5.74) is 0.472. The fourth-order valence-electron chi connectivity index (χ4n) is 2.18. The molecule has 24 heavy (non-hydrogen) atoms. The molecule has 0 bridgehead atoms. The zero-order valence-electron chi connectivity index (χ0n) is 12.4. The van der Waals surface area contributed by atoms with Crippen LogP contribution in [0.1, 0.15) is 40.3 Å². The highest BCUT2D eigenvalue weighted by atomic mass is 19.4. The number of hydrogen-bond acceptors (Lipinski definition) is 6. The van der Waals surface area contributed by atoms with E-state index < -0.39 is 17.8 Å². The van der Waals surface area contributed by atoms with Gasteiger partial charge in [0.1, 0.15) is 6.26 Å². The first kappa shape index (κ1) is 16.2. The molecule has 1 N–H and O–H groups in total. The summed E-state index contributed by atoms with van der Waals surface area (Å²) in [6.07, 6.45) is -4.35. The summed E-state index contributed by atoms with van der Waals surface area (Å²) < 4.78 is 48.2. The summed E-state index contributed by atoms with van der Waals surface area (Å²) in [5, 5.41) is 21.3. The van der Waals surface area contributed by atoms with Gasteiger partial charge in [0.05, 0.1) is 23.2 Å². The molecule has 0 aliphatic carbocycles. The first-order chi connectivity index (χ1) is 11.3. The molecule has 1 unspecified atom stereocenters. The Bertz CT molecular complexity index is 842. The fourth-order valence-corrected chi connectivity index (χ4v) is 2.18. The maximum atomic E-state index is 12.7. The Balaban J connectivity index is 1.78. The third kappa shape index (κ3) is 3.30. The fraction of sp³-hybridized carbons (Fsp3) is 0.267. The van der Waals surface area contributed by atoms with Crippen LogP contribution in [0.3, 0.4) is 0 Å². The lowest BCUT2D eigenvalue weighted by atomic mass is 10.1. The molecule has 9 heteroatoms. The van der Waals surface area contributed by atoms with Crippen LogP contribution < -0.4 is 0 Å². The average molecular weight is 339 g/mol. The van der Waals surface area contributed by atoms with Crippen molar-refractivity contribution in [3.63, 3.8) is 0 Å². The summed E-state index contributed by atoms with van der Waals surface area (Å²) in [6, 6.07) is 4.84. The quantitative estimate of drug-likeness (QED) is 0.786. The van der Waals surface area contributed by atoms with Crippen molar-refractivity contribution in [2.45, 2.75) is 25.6 Å². The molecular formula is C15H12F3N3O3. The number of halogens is 3. The smallest absolute Gasteiger partial charge is 0.416 e. The van der Waals surface area contributed by atoms with Crippen LogP contribution in [-0.4, -0.2) is 20.5 Å². The van der Waals surface area contributed by atoms with E-state index in [1.54, 1.807) is 6.92 Å². The number of rotatable bonds is 4. The zero-order valence-corrected chi connectivity index (χ0v) is 12.4. The van der Waals surface area contributed by atoms with Crippen LogP contribution in [0, 0.1) is 6.92 Å². The van der Waals surface area contributed by atoms with Gasteiger partial charge in [-0.3, -0.25) is 0 Å². The van der Waals surface area contributed by atoms with Gasteiger partial charge in [0.2, 0.25) is 11.8 Å². The van der Waals surface area contributed by atoms with Crippen LogP contribution in [-0.2, 0) is 12.6 Å². The van der Waals surface area contributed by atoms with E-state index in [4.69, 9.17) is 8.94 Å². The highest BCUT2D eigenvalue weighted by molar-refractivity contribution is 5.27. The predicted octanol–water partition coefficient (Wildman–Crippen LogP) is 3.06. The monoisotopic (exact) mass is 339 g/mol. The topological polar surface area (TPSA) is 85.2 Å². The zero-order chi connectivity index (χ0) is 17.3. The number of benzene rings is 1. The standard InChI is InChI=1S/C15H12F3N3O3/c1-8-11(7-23-21-8)13(22)14-20-19-12(24-14)6-9-3-2-4-10(5-9)15(16,17)18/h2-5,7,13,22H,6H2,1H3. The van der Waals surface area contributed by atoms with Crippen LogP contribution in [0.5, 0.6) is 0 Å². The van der Waals surface area contributed by atoms with Crippen LogP contribution in [0.15, 0.2) is 39.5 Å². The van der Waals surface area contributed by atoms with E-state index in [2.05, 4.69) is 15.4 Å². The highest BCUT2D eigenvalue weighted by Gasteiger charge is 2.30. The molecule has 0 radical (unpaired) electrons. The van der Waals surface area contributed by atoms with Crippen molar-refractivity contribution in [3.05, 3.63) is 64.7 Å². The molecule has 0 saturated heterocycles. The summed E-state index contributed by atoms with van der Waals surface area (Å²) in [7, 11) is 0. The molecule has 0 spiro atoms. The van der Waals surface area contributed by atoms with Gasteiger partial charge in [-0.2, -0.15) is 13.2 Å². The van der Waals surface area contributed by atoms with Crippen LogP contribution in [0.4, 0.5) is 13.2 Å². The van der Waals surface area contributed by atoms with Crippen molar-refractivity contribution in [1.82, 2.24) is 15.4 Å². The van der Waals surface area contributed by atoms with Gasteiger partial charge in [0, 0.05) is 0 Å². The van der Waals surface area contributed by atoms with E-state index in [1.165, 1.54) is 18.4 Å². The maximum absolute atomic E-state index is 12.7. The number of aliphatic hydroxyl groups is 1. The van der Waals surface area contributed by atoms with Crippen LogP contribution >= 0.6 is 0 Å². The lowest BCUT2D eigenvalue weighted by Gasteiger charge is -2.07. The lowest BCUT2D eigenvalue weighted by molar-refractivity contribution is -0.137. The Kier molecular flexibility index (Phi) is 4.10. The predicted molar refractivity (Wildman–Crippen MR) is 73.8 cm³/mol. The number of alkyl halides is 3. The number of aromatic nitrogens is 3. The van der Waals surface area contributed by atoms with E-state index in [0.717, 1.165) is 12.1 Å². The average Bonchev–Trinajstić information content (AvgIpc) is 3.15. The van der Waals surface area contributed by atoms with E-state index >= 15 is 0 Å². The number of aliphatic hydroxyl groups excluding tert-OH is 1. The molecule has 3 aromatic rings. The third-order valence-corrected chi connectivity index (χ3v) is 3.41. The van der Waals surface area contributed by atoms with Gasteiger partial charge >= 0.3 is 6.18 Å². The molecule has 126 valence electrons. The number of hydrogen-bond donors (Lipinski definition) is 1. The minimum Gasteiger partial charge on any atom is -0.422 e. The molecule has 6 nitrogen and oxygen atoms in total. The molecule has 0 aliphatic rings. The van der Waals surface area contributed by atoms with E-state index in [-0.39, 0.29) is 18.2 Å². The molecule has 1 aromatic carbocycles. The van der Waals surface area contributed by atoms with Gasteiger partial charge < -0.3 is 14.0 Å². The van der Waals surface area contributed by atoms with Crippen molar-refractivity contribution < 1.29 is 27.2 Å². The van der Waals surface area contributed by atoms with Crippen molar-refractivity contribution in [3.8, 4) is 0 Å². The minimum atomic E-state index is -4.42. The maximum Gasteiger partial charge on any atom is 0.416 e. The first-order valence-electron chi connectivity index (χ1n) is 6.92. The summed E-state index contributed by atoms with van der Waals surface area (Å²) >= 11 is 0. The van der Waals surface area contributed by atoms with E-state index in [0.29, 0.717) is 16.8 Å². The Hall–Kier alpha value is -2.68. The second kappa shape index (κ2) is 6.08. The van der Waals surface area contributed by atoms with Gasteiger partial charge in [0.15, 0.2) is 6.10 Å². The van der Waals surface area contributed by atoms with Crippen molar-refractivity contribution >= 4 is 0 Å². The summed E-state index contributed by atoms with van der Waals surface area (Å²) in [5.74, 6) is 0.0146. The minimum absolute atomic E-state index is 0.0201. The third-order valence-electron chi connectivity index (χ3n) is 3.41. The van der Waals surface area contributed by atoms with E-state index in [1.807, 2.05) is 0 Å². The van der Waals surface area contributed by atoms with Crippen molar-refractivity contribution in [1.29, 1.82) is 0 Å². The van der Waals surface area contributed by atoms with Gasteiger partial charge in [-0.25, -0.2) is 0 Å². The van der Waals surface area contributed by atoms with Crippen LogP contribution in [0.2, 0.25) is 0 Å². The second-order valence-electron chi connectivity index (χ2n) is 5.17. The molecular weight excluding hydrogens is 327 g/mol. The molecule has 0 fully saturated rings. The highest BCUT2D eigenvalue weighted by Crippen LogP contribution is 2.30. The normalized spacial score (nSPS) is 13.2.